The van der Waals surface area contributed by atoms with Crippen molar-refractivity contribution in [3.05, 3.63) is 35.9 Å². The van der Waals surface area contributed by atoms with Gasteiger partial charge < -0.3 is 37.1 Å². The number of carbonyl (C=O) groups excluding carboxylic acids is 5. The first-order chi connectivity index (χ1) is 21.2. The second kappa shape index (κ2) is 18.3. The van der Waals surface area contributed by atoms with E-state index < -0.39 is 53.6 Å². The van der Waals surface area contributed by atoms with Crippen LogP contribution in [0.5, 0.6) is 0 Å². The van der Waals surface area contributed by atoms with E-state index in [9.17, 15) is 24.0 Å². The Kier molecular flexibility index (Phi) is 15.3. The molecule has 0 unspecified atom stereocenters. The molecule has 1 aliphatic rings. The fourth-order valence-corrected chi connectivity index (χ4v) is 5.21. The zero-order valence-electron chi connectivity index (χ0n) is 27.6. The molecular weight excluding hydrogens is 576 g/mol. The number of likely N-dealkylation sites (tertiary alicyclic amines) is 1. The van der Waals surface area contributed by atoms with Crippen LogP contribution in [0, 0.1) is 5.92 Å². The highest BCUT2D eigenvalue weighted by atomic mass is 16.6. The minimum Gasteiger partial charge on any atom is -0.444 e. The molecule has 12 nitrogen and oxygen atoms in total. The van der Waals surface area contributed by atoms with Gasteiger partial charge in [-0.05, 0) is 77.2 Å². The summed E-state index contributed by atoms with van der Waals surface area (Å²) in [5.41, 5.74) is 12.1. The van der Waals surface area contributed by atoms with Gasteiger partial charge in [-0.1, -0.05) is 57.0 Å². The monoisotopic (exact) mass is 630 g/mol. The predicted octanol–water partition coefficient (Wildman–Crippen LogP) is 2.52. The van der Waals surface area contributed by atoms with Crippen LogP contribution in [-0.4, -0.2) is 77.5 Å². The highest BCUT2D eigenvalue weighted by Crippen LogP contribution is 2.21. The largest absolute Gasteiger partial charge is 0.444 e. The van der Waals surface area contributed by atoms with E-state index in [2.05, 4.69) is 16.0 Å². The van der Waals surface area contributed by atoms with Crippen molar-refractivity contribution in [3.8, 4) is 0 Å². The number of nitrogens with one attached hydrogen (secondary N) is 3. The highest BCUT2D eigenvalue weighted by molar-refractivity contribution is 5.95. The Morgan fingerprint density at radius 3 is 2.27 bits per heavy atom. The second-order valence-electron chi connectivity index (χ2n) is 13.3. The number of carbonyl (C=O) groups is 5. The average molecular weight is 631 g/mol. The molecule has 0 bridgehead atoms. The Bertz CT molecular complexity index is 1120. The first kappa shape index (κ1) is 37.5. The Morgan fingerprint density at radius 2 is 1.64 bits per heavy atom. The number of ether oxygens (including phenoxy) is 1. The number of amides is 5. The molecule has 0 saturated carbocycles. The van der Waals surface area contributed by atoms with E-state index >= 15 is 0 Å². The van der Waals surface area contributed by atoms with Crippen molar-refractivity contribution in [1.29, 1.82) is 0 Å². The molecule has 12 heteroatoms. The van der Waals surface area contributed by atoms with Gasteiger partial charge in [-0.15, -0.1) is 0 Å². The third-order valence-electron chi connectivity index (χ3n) is 7.62. The Hall–Kier alpha value is -3.67. The van der Waals surface area contributed by atoms with E-state index in [-0.39, 0.29) is 5.91 Å². The molecule has 4 atom stereocenters. The van der Waals surface area contributed by atoms with Crippen LogP contribution >= 0.6 is 0 Å². The molecule has 0 radical (unpaired) electrons. The maximum Gasteiger partial charge on any atom is 0.407 e. The molecule has 1 fully saturated rings. The van der Waals surface area contributed by atoms with Gasteiger partial charge in [0.1, 0.15) is 23.7 Å². The van der Waals surface area contributed by atoms with E-state index in [0.717, 1.165) is 5.56 Å². The third-order valence-corrected chi connectivity index (χ3v) is 7.62. The molecule has 1 aromatic carbocycles. The number of rotatable bonds is 17. The molecular formula is C33H54N6O6. The van der Waals surface area contributed by atoms with Gasteiger partial charge in [0.15, 0.2) is 0 Å². The fraction of sp³-hybridized carbons (Fsp3) is 0.667. The van der Waals surface area contributed by atoms with Crippen LogP contribution in [0.25, 0.3) is 0 Å². The van der Waals surface area contributed by atoms with Crippen molar-refractivity contribution in [3.63, 3.8) is 0 Å². The summed E-state index contributed by atoms with van der Waals surface area (Å²) in [6, 6.07) is 6.12. The predicted molar refractivity (Wildman–Crippen MR) is 173 cm³/mol. The van der Waals surface area contributed by atoms with Crippen molar-refractivity contribution in [2.75, 3.05) is 13.1 Å². The lowest BCUT2D eigenvalue weighted by molar-refractivity contribution is -0.142. The van der Waals surface area contributed by atoms with Crippen LogP contribution in [0.3, 0.4) is 0 Å². The Balaban J connectivity index is 1.95. The van der Waals surface area contributed by atoms with E-state index in [1.807, 2.05) is 44.2 Å². The number of hydrogen-bond donors (Lipinski definition) is 5. The lowest BCUT2D eigenvalue weighted by Gasteiger charge is -2.30. The van der Waals surface area contributed by atoms with Gasteiger partial charge in [0.25, 0.3) is 0 Å². The fourth-order valence-electron chi connectivity index (χ4n) is 5.21. The molecule has 5 amide bonds. The number of benzene rings is 1. The van der Waals surface area contributed by atoms with Crippen molar-refractivity contribution >= 4 is 29.7 Å². The van der Waals surface area contributed by atoms with Crippen LogP contribution in [0.15, 0.2) is 30.3 Å². The van der Waals surface area contributed by atoms with Gasteiger partial charge in [0.05, 0.1) is 6.04 Å². The van der Waals surface area contributed by atoms with Gasteiger partial charge in [-0.3, -0.25) is 19.2 Å². The number of primary amides is 1. The topological polar surface area (TPSA) is 186 Å². The zero-order chi connectivity index (χ0) is 33.6. The van der Waals surface area contributed by atoms with E-state index in [4.69, 9.17) is 16.2 Å². The molecule has 0 aromatic heterocycles. The highest BCUT2D eigenvalue weighted by Gasteiger charge is 2.39. The molecule has 45 heavy (non-hydrogen) atoms. The van der Waals surface area contributed by atoms with Crippen molar-refractivity contribution in [2.45, 2.75) is 122 Å². The Morgan fingerprint density at radius 1 is 0.956 bits per heavy atom. The summed E-state index contributed by atoms with van der Waals surface area (Å²) in [5, 5.41) is 8.30. The lowest BCUT2D eigenvalue weighted by atomic mass is 10.0. The molecule has 1 saturated heterocycles. The summed E-state index contributed by atoms with van der Waals surface area (Å²) < 4.78 is 5.21. The average Bonchev–Trinajstić information content (AvgIpc) is 3.45. The first-order valence-corrected chi connectivity index (χ1v) is 16.1. The number of nitrogens with zero attached hydrogens (tertiary/aromatic N) is 1. The molecule has 252 valence electrons. The molecule has 0 aliphatic carbocycles. The van der Waals surface area contributed by atoms with Gasteiger partial charge in [0.2, 0.25) is 23.6 Å². The number of alkyl carbamates (subject to hydrolysis) is 1. The van der Waals surface area contributed by atoms with E-state index in [1.54, 1.807) is 20.8 Å². The molecule has 1 heterocycles. The van der Waals surface area contributed by atoms with E-state index in [0.29, 0.717) is 76.8 Å². The van der Waals surface area contributed by atoms with Gasteiger partial charge in [-0.25, -0.2) is 4.79 Å². The Labute approximate surface area is 267 Å². The number of unbranched alkanes of at least 4 members (excludes halogenated alkanes) is 2. The molecule has 1 aromatic rings. The summed E-state index contributed by atoms with van der Waals surface area (Å²) in [6.07, 6.45) is 4.33. The second-order valence-corrected chi connectivity index (χ2v) is 13.3. The lowest BCUT2D eigenvalue weighted by Crippen LogP contribution is -2.57. The SMILES string of the molecule is CC(C)CC[C@H](NC(=O)[C@@H](N)Cc1ccccc1)C(=O)N1CCC[C@H]1C(=O)N[C@@H](CCCCCNC(=O)OC(C)(C)C)C(N)=O. The summed E-state index contributed by atoms with van der Waals surface area (Å²) in [7, 11) is 0. The normalized spacial score (nSPS) is 16.9. The summed E-state index contributed by atoms with van der Waals surface area (Å²) in [6.45, 7) is 10.2. The maximum atomic E-state index is 13.8. The van der Waals surface area contributed by atoms with Crippen LogP contribution in [0.1, 0.15) is 91.5 Å². The quantitative estimate of drug-likeness (QED) is 0.164. The smallest absolute Gasteiger partial charge is 0.407 e. The van der Waals surface area contributed by atoms with Crippen LogP contribution in [-0.2, 0) is 30.3 Å². The molecule has 7 N–H and O–H groups in total. The van der Waals surface area contributed by atoms with E-state index in [1.165, 1.54) is 4.90 Å². The van der Waals surface area contributed by atoms with Crippen molar-refractivity contribution < 1.29 is 28.7 Å². The van der Waals surface area contributed by atoms with Crippen LogP contribution in [0.2, 0.25) is 0 Å². The number of nitrogens with two attached hydrogens (primary N) is 2. The minimum atomic E-state index is -0.888. The van der Waals surface area contributed by atoms with Gasteiger partial charge >= 0.3 is 6.09 Å². The van der Waals surface area contributed by atoms with Gasteiger partial charge in [0, 0.05) is 13.1 Å². The van der Waals surface area contributed by atoms with Crippen molar-refractivity contribution in [1.82, 2.24) is 20.9 Å². The molecule has 2 rings (SSSR count). The van der Waals surface area contributed by atoms with Crippen LogP contribution in [0.4, 0.5) is 4.79 Å². The molecule has 1 aliphatic heterocycles. The summed E-state index contributed by atoms with van der Waals surface area (Å²) in [5.74, 6) is -1.54. The number of hydrogen-bond acceptors (Lipinski definition) is 7. The minimum absolute atomic E-state index is 0.303. The molecule has 0 spiro atoms. The third kappa shape index (κ3) is 13.9. The maximum absolute atomic E-state index is 13.8. The standard InChI is InChI=1S/C33H54N6O6/c1-22(2)17-18-26(38-29(41)24(34)21-23-13-8-6-9-14-23)31(43)39-20-12-16-27(39)30(42)37-25(28(35)40)15-10-7-11-19-36-32(44)45-33(3,4)5/h6,8-9,13-14,22,24-27H,7,10-12,15-21,34H2,1-5H3,(H2,35,40)(H,36,44)(H,37,42)(H,38,41)/t24-,25-,26-,27-/m0/s1. The zero-order valence-corrected chi connectivity index (χ0v) is 27.6. The summed E-state index contributed by atoms with van der Waals surface area (Å²) >= 11 is 0. The van der Waals surface area contributed by atoms with Crippen molar-refractivity contribution in [2.24, 2.45) is 17.4 Å². The van der Waals surface area contributed by atoms with Crippen LogP contribution < -0.4 is 27.4 Å². The first-order valence-electron chi connectivity index (χ1n) is 16.1. The summed E-state index contributed by atoms with van der Waals surface area (Å²) in [4.78, 5) is 65.6. The van der Waals surface area contributed by atoms with Gasteiger partial charge in [-0.2, -0.15) is 0 Å².